The fourth-order valence-electron chi connectivity index (χ4n) is 4.04. The summed E-state index contributed by atoms with van der Waals surface area (Å²) < 4.78 is 0. The number of benzene rings is 2. The van der Waals surface area contributed by atoms with Crippen LogP contribution in [0.1, 0.15) is 58.3 Å². The number of fused-ring (bicyclic) bond motifs is 1. The minimum absolute atomic E-state index is 0.858. The molecule has 2 aromatic rings. The zero-order valence-electron chi connectivity index (χ0n) is 14.6. The maximum absolute atomic E-state index is 3.72. The standard InChI is InChI=1S/C22H31N/c1-2-3-4-8-18-13-15-19(16-14-18)17-23-22-12-7-10-20-9-5-6-11-21(20)22/h5-7,9-12,18-19,23H,2-4,8,13-17H2,1H3. The van der Waals surface area contributed by atoms with Gasteiger partial charge in [-0.2, -0.15) is 0 Å². The molecule has 0 unspecified atom stereocenters. The molecule has 1 N–H and O–H groups in total. The van der Waals surface area contributed by atoms with Crippen molar-refractivity contribution in [2.75, 3.05) is 11.9 Å². The molecule has 3 rings (SSSR count). The van der Waals surface area contributed by atoms with Gasteiger partial charge in [-0.25, -0.2) is 0 Å². The number of unbranched alkanes of at least 4 members (excludes halogenated alkanes) is 2. The van der Waals surface area contributed by atoms with Crippen LogP contribution < -0.4 is 5.32 Å². The maximum atomic E-state index is 3.72. The van der Waals surface area contributed by atoms with Gasteiger partial charge in [-0.05, 0) is 36.1 Å². The molecule has 1 heteroatoms. The third-order valence-corrected chi connectivity index (χ3v) is 5.55. The van der Waals surface area contributed by atoms with Crippen LogP contribution in [0, 0.1) is 11.8 Å². The van der Waals surface area contributed by atoms with Gasteiger partial charge in [0, 0.05) is 17.6 Å². The van der Waals surface area contributed by atoms with Crippen molar-refractivity contribution >= 4 is 16.5 Å². The molecule has 0 amide bonds. The second kappa shape index (κ2) is 8.38. The van der Waals surface area contributed by atoms with Crippen molar-refractivity contribution < 1.29 is 0 Å². The molecule has 1 nitrogen and oxygen atoms in total. The minimum atomic E-state index is 0.858. The lowest BCUT2D eigenvalue weighted by Gasteiger charge is -2.29. The summed E-state index contributed by atoms with van der Waals surface area (Å²) in [4.78, 5) is 0. The summed E-state index contributed by atoms with van der Waals surface area (Å²) in [5.74, 6) is 1.87. The van der Waals surface area contributed by atoms with Crippen LogP contribution in [-0.2, 0) is 0 Å². The summed E-state index contributed by atoms with van der Waals surface area (Å²) in [7, 11) is 0. The van der Waals surface area contributed by atoms with Gasteiger partial charge in [-0.1, -0.05) is 81.8 Å². The van der Waals surface area contributed by atoms with E-state index in [9.17, 15) is 0 Å². The predicted molar refractivity (Wildman–Crippen MR) is 102 cm³/mol. The first-order valence-corrected chi connectivity index (χ1v) is 9.58. The molecular formula is C22H31N. The first-order chi connectivity index (χ1) is 11.4. The monoisotopic (exact) mass is 309 g/mol. The molecule has 1 saturated carbocycles. The molecule has 23 heavy (non-hydrogen) atoms. The van der Waals surface area contributed by atoms with Gasteiger partial charge in [0.25, 0.3) is 0 Å². The number of nitrogens with one attached hydrogen (secondary N) is 1. The molecule has 0 aromatic heterocycles. The van der Waals surface area contributed by atoms with Crippen molar-refractivity contribution in [2.24, 2.45) is 11.8 Å². The molecule has 0 heterocycles. The number of hydrogen-bond acceptors (Lipinski definition) is 1. The van der Waals surface area contributed by atoms with Crippen LogP contribution in [-0.4, -0.2) is 6.54 Å². The van der Waals surface area contributed by atoms with Crippen molar-refractivity contribution in [3.8, 4) is 0 Å². The van der Waals surface area contributed by atoms with Gasteiger partial charge in [-0.15, -0.1) is 0 Å². The fraction of sp³-hybridized carbons (Fsp3) is 0.545. The highest BCUT2D eigenvalue weighted by atomic mass is 14.9. The zero-order chi connectivity index (χ0) is 15.9. The van der Waals surface area contributed by atoms with Crippen molar-refractivity contribution in [1.82, 2.24) is 0 Å². The van der Waals surface area contributed by atoms with Crippen LogP contribution in [0.25, 0.3) is 10.8 Å². The average Bonchev–Trinajstić information content (AvgIpc) is 2.61. The van der Waals surface area contributed by atoms with E-state index in [-0.39, 0.29) is 0 Å². The number of hydrogen-bond donors (Lipinski definition) is 1. The summed E-state index contributed by atoms with van der Waals surface area (Å²) in [5, 5.41) is 6.41. The van der Waals surface area contributed by atoms with Crippen LogP contribution >= 0.6 is 0 Å². The Bertz CT molecular complexity index is 590. The Morgan fingerprint density at radius 2 is 1.61 bits per heavy atom. The molecule has 1 aliphatic carbocycles. The minimum Gasteiger partial charge on any atom is -0.384 e. The van der Waals surface area contributed by atoms with Gasteiger partial charge in [0.1, 0.15) is 0 Å². The van der Waals surface area contributed by atoms with Gasteiger partial charge in [0.2, 0.25) is 0 Å². The topological polar surface area (TPSA) is 12.0 Å². The van der Waals surface area contributed by atoms with Gasteiger partial charge >= 0.3 is 0 Å². The first-order valence-electron chi connectivity index (χ1n) is 9.58. The van der Waals surface area contributed by atoms with Crippen molar-refractivity contribution in [1.29, 1.82) is 0 Å². The lowest BCUT2D eigenvalue weighted by atomic mass is 9.79. The van der Waals surface area contributed by atoms with E-state index >= 15 is 0 Å². The molecule has 1 fully saturated rings. The summed E-state index contributed by atoms with van der Waals surface area (Å²) in [6, 6.07) is 15.3. The Morgan fingerprint density at radius 1 is 0.870 bits per heavy atom. The highest BCUT2D eigenvalue weighted by molar-refractivity contribution is 5.93. The second-order valence-electron chi connectivity index (χ2n) is 7.29. The lowest BCUT2D eigenvalue weighted by Crippen LogP contribution is -2.21. The zero-order valence-corrected chi connectivity index (χ0v) is 14.6. The normalized spacial score (nSPS) is 21.4. The Balaban J connectivity index is 1.48. The van der Waals surface area contributed by atoms with Crippen molar-refractivity contribution in [2.45, 2.75) is 58.3 Å². The molecule has 0 radical (unpaired) electrons. The largest absolute Gasteiger partial charge is 0.384 e. The van der Waals surface area contributed by atoms with Crippen LogP contribution in [0.4, 0.5) is 5.69 Å². The molecular weight excluding hydrogens is 278 g/mol. The highest BCUT2D eigenvalue weighted by Crippen LogP contribution is 2.32. The van der Waals surface area contributed by atoms with E-state index in [2.05, 4.69) is 54.7 Å². The van der Waals surface area contributed by atoms with Gasteiger partial charge in [0.05, 0.1) is 0 Å². The molecule has 2 aromatic carbocycles. The van der Waals surface area contributed by atoms with Gasteiger partial charge < -0.3 is 5.32 Å². The summed E-state index contributed by atoms with van der Waals surface area (Å²) in [6.07, 6.45) is 11.4. The lowest BCUT2D eigenvalue weighted by molar-refractivity contribution is 0.266. The molecule has 0 atom stereocenters. The Kier molecular flexibility index (Phi) is 5.96. The van der Waals surface area contributed by atoms with Crippen molar-refractivity contribution in [3.63, 3.8) is 0 Å². The van der Waals surface area contributed by atoms with E-state index in [1.165, 1.54) is 67.8 Å². The van der Waals surface area contributed by atoms with Crippen LogP contribution in [0.2, 0.25) is 0 Å². The fourth-order valence-corrected chi connectivity index (χ4v) is 4.04. The third kappa shape index (κ3) is 4.50. The summed E-state index contributed by atoms with van der Waals surface area (Å²) in [6.45, 7) is 3.44. The Hall–Kier alpha value is -1.50. The van der Waals surface area contributed by atoms with E-state index in [1.54, 1.807) is 0 Å². The quantitative estimate of drug-likeness (QED) is 0.565. The molecule has 0 saturated heterocycles. The van der Waals surface area contributed by atoms with Crippen LogP contribution in [0.3, 0.4) is 0 Å². The van der Waals surface area contributed by atoms with Crippen molar-refractivity contribution in [3.05, 3.63) is 42.5 Å². The Labute approximate surface area is 141 Å². The molecule has 0 aliphatic heterocycles. The molecule has 1 aliphatic rings. The highest BCUT2D eigenvalue weighted by Gasteiger charge is 2.20. The van der Waals surface area contributed by atoms with Gasteiger partial charge in [-0.3, -0.25) is 0 Å². The first kappa shape index (κ1) is 16.4. The molecule has 0 spiro atoms. The number of anilines is 1. The third-order valence-electron chi connectivity index (χ3n) is 5.55. The number of rotatable bonds is 7. The van der Waals surface area contributed by atoms with E-state index < -0.39 is 0 Å². The molecule has 124 valence electrons. The predicted octanol–water partition coefficient (Wildman–Crippen LogP) is 6.64. The smallest absolute Gasteiger partial charge is 0.0419 e. The van der Waals surface area contributed by atoms with Gasteiger partial charge in [0.15, 0.2) is 0 Å². The second-order valence-corrected chi connectivity index (χ2v) is 7.29. The Morgan fingerprint density at radius 3 is 2.43 bits per heavy atom. The average molecular weight is 309 g/mol. The van der Waals surface area contributed by atoms with Crippen LogP contribution in [0.5, 0.6) is 0 Å². The van der Waals surface area contributed by atoms with E-state index in [1.807, 2.05) is 0 Å². The molecule has 0 bridgehead atoms. The van der Waals surface area contributed by atoms with E-state index in [0.717, 1.165) is 18.4 Å². The van der Waals surface area contributed by atoms with E-state index in [4.69, 9.17) is 0 Å². The van der Waals surface area contributed by atoms with E-state index in [0.29, 0.717) is 0 Å². The summed E-state index contributed by atoms with van der Waals surface area (Å²) >= 11 is 0. The summed E-state index contributed by atoms with van der Waals surface area (Å²) in [5.41, 5.74) is 1.30. The maximum Gasteiger partial charge on any atom is 0.0419 e. The van der Waals surface area contributed by atoms with Crippen LogP contribution in [0.15, 0.2) is 42.5 Å². The SMILES string of the molecule is CCCCCC1CCC(CNc2cccc3ccccc23)CC1.